The molecule has 2 aliphatic rings. The minimum atomic E-state index is 0.0384. The van der Waals surface area contributed by atoms with Crippen LogP contribution in [-0.2, 0) is 16.0 Å². The van der Waals surface area contributed by atoms with Crippen molar-refractivity contribution in [2.45, 2.75) is 31.9 Å². The van der Waals surface area contributed by atoms with Crippen molar-refractivity contribution in [1.29, 1.82) is 0 Å². The fourth-order valence-corrected chi connectivity index (χ4v) is 4.25. The molecule has 2 N–H and O–H groups in total. The SMILES string of the molecule is OCCOC1CCCN(c2ncnc3c2ncn3CC(CO)C2CCOC2)C1. The van der Waals surface area contributed by atoms with Crippen LogP contribution in [0, 0.1) is 11.8 Å². The van der Waals surface area contributed by atoms with Gasteiger partial charge in [-0.3, -0.25) is 0 Å². The van der Waals surface area contributed by atoms with Crippen LogP contribution >= 0.6 is 0 Å². The second-order valence-corrected chi connectivity index (χ2v) is 7.64. The lowest BCUT2D eigenvalue weighted by Crippen LogP contribution is -2.40. The van der Waals surface area contributed by atoms with E-state index in [4.69, 9.17) is 14.6 Å². The van der Waals surface area contributed by atoms with Gasteiger partial charge in [0.05, 0.1) is 25.6 Å². The Morgan fingerprint density at radius 1 is 1.25 bits per heavy atom. The summed E-state index contributed by atoms with van der Waals surface area (Å²) in [4.78, 5) is 15.8. The summed E-state index contributed by atoms with van der Waals surface area (Å²) >= 11 is 0. The number of anilines is 1. The summed E-state index contributed by atoms with van der Waals surface area (Å²) in [6, 6.07) is 0. The van der Waals surface area contributed by atoms with E-state index in [1.54, 1.807) is 12.7 Å². The van der Waals surface area contributed by atoms with Crippen molar-refractivity contribution in [3.05, 3.63) is 12.7 Å². The van der Waals surface area contributed by atoms with E-state index in [1.807, 2.05) is 4.57 Å². The van der Waals surface area contributed by atoms with Crippen LogP contribution in [0.4, 0.5) is 5.82 Å². The molecule has 2 aliphatic heterocycles. The first-order valence-electron chi connectivity index (χ1n) is 10.1. The monoisotopic (exact) mass is 391 g/mol. The summed E-state index contributed by atoms with van der Waals surface area (Å²) in [6.45, 7) is 4.31. The number of nitrogens with zero attached hydrogens (tertiary/aromatic N) is 5. The highest BCUT2D eigenvalue weighted by atomic mass is 16.5. The van der Waals surface area contributed by atoms with Crippen molar-refractivity contribution in [2.24, 2.45) is 11.8 Å². The molecule has 0 spiro atoms. The predicted octanol–water partition coefficient (Wildman–Crippen LogP) is 0.449. The lowest BCUT2D eigenvalue weighted by molar-refractivity contribution is 0.0214. The first kappa shape index (κ1) is 19.5. The summed E-state index contributed by atoms with van der Waals surface area (Å²) in [6.07, 6.45) is 6.46. The number of imidazole rings is 1. The number of ether oxygens (including phenoxy) is 2. The molecule has 4 rings (SSSR count). The van der Waals surface area contributed by atoms with Gasteiger partial charge >= 0.3 is 0 Å². The van der Waals surface area contributed by atoms with Gasteiger partial charge in [0, 0.05) is 45.4 Å². The Hall–Kier alpha value is -1.81. The Bertz CT molecular complexity index is 764. The van der Waals surface area contributed by atoms with Crippen LogP contribution in [0.5, 0.6) is 0 Å². The number of aliphatic hydroxyl groups excluding tert-OH is 2. The van der Waals surface area contributed by atoms with Crippen molar-refractivity contribution >= 4 is 17.0 Å². The molecule has 0 aromatic carbocycles. The van der Waals surface area contributed by atoms with Crippen LogP contribution < -0.4 is 4.90 Å². The number of piperidine rings is 1. The van der Waals surface area contributed by atoms with Crippen molar-refractivity contribution in [3.63, 3.8) is 0 Å². The number of hydrogen-bond donors (Lipinski definition) is 2. The number of aliphatic hydroxyl groups is 2. The molecular weight excluding hydrogens is 362 g/mol. The maximum absolute atomic E-state index is 9.85. The van der Waals surface area contributed by atoms with Gasteiger partial charge in [-0.25, -0.2) is 15.0 Å². The number of fused-ring (bicyclic) bond motifs is 1. The molecule has 3 atom stereocenters. The Balaban J connectivity index is 1.53. The maximum atomic E-state index is 9.85. The summed E-state index contributed by atoms with van der Waals surface area (Å²) in [5.74, 6) is 1.32. The quantitative estimate of drug-likeness (QED) is 0.668. The second-order valence-electron chi connectivity index (χ2n) is 7.64. The molecular formula is C19H29N5O4. The first-order valence-corrected chi connectivity index (χ1v) is 10.1. The zero-order valence-electron chi connectivity index (χ0n) is 16.1. The van der Waals surface area contributed by atoms with Crippen LogP contribution in [0.15, 0.2) is 12.7 Å². The minimum absolute atomic E-state index is 0.0384. The van der Waals surface area contributed by atoms with Crippen LogP contribution in [0.25, 0.3) is 11.2 Å². The Morgan fingerprint density at radius 3 is 2.96 bits per heavy atom. The molecule has 28 heavy (non-hydrogen) atoms. The molecule has 2 fully saturated rings. The smallest absolute Gasteiger partial charge is 0.165 e. The highest BCUT2D eigenvalue weighted by Crippen LogP contribution is 2.28. The lowest BCUT2D eigenvalue weighted by Gasteiger charge is -2.33. The molecule has 0 saturated carbocycles. The predicted molar refractivity (Wildman–Crippen MR) is 103 cm³/mol. The molecule has 9 heteroatoms. The third kappa shape index (κ3) is 4.12. The summed E-state index contributed by atoms with van der Waals surface area (Å²) < 4.78 is 13.2. The highest BCUT2D eigenvalue weighted by molar-refractivity contribution is 5.83. The molecule has 2 aromatic heterocycles. The molecule has 2 saturated heterocycles. The maximum Gasteiger partial charge on any atom is 0.165 e. The van der Waals surface area contributed by atoms with Crippen LogP contribution in [0.3, 0.4) is 0 Å². The molecule has 0 radical (unpaired) electrons. The number of aromatic nitrogens is 4. The van der Waals surface area contributed by atoms with E-state index in [2.05, 4.69) is 19.9 Å². The topological polar surface area (TPSA) is 106 Å². The fourth-order valence-electron chi connectivity index (χ4n) is 4.25. The molecule has 154 valence electrons. The van der Waals surface area contributed by atoms with Gasteiger partial charge in [-0.05, 0) is 25.2 Å². The van der Waals surface area contributed by atoms with Gasteiger partial charge in [0.2, 0.25) is 0 Å². The Labute approximate surface area is 164 Å². The largest absolute Gasteiger partial charge is 0.396 e. The minimum Gasteiger partial charge on any atom is -0.396 e. The number of rotatable bonds is 8. The van der Waals surface area contributed by atoms with E-state index >= 15 is 0 Å². The van der Waals surface area contributed by atoms with Crippen LogP contribution in [0.1, 0.15) is 19.3 Å². The van der Waals surface area contributed by atoms with Crippen molar-refractivity contribution in [3.8, 4) is 0 Å². The van der Waals surface area contributed by atoms with Crippen LogP contribution in [0.2, 0.25) is 0 Å². The van der Waals surface area contributed by atoms with Crippen molar-refractivity contribution in [2.75, 3.05) is 51.0 Å². The van der Waals surface area contributed by atoms with E-state index in [-0.39, 0.29) is 25.2 Å². The molecule has 4 heterocycles. The van der Waals surface area contributed by atoms with Crippen LogP contribution in [-0.4, -0.2) is 82.0 Å². The standard InChI is InChI=1S/C19H29N5O4/c25-5-7-28-16-2-1-4-23(9-16)18-17-19(21-12-20-18)24(13-22-17)8-15(10-26)14-3-6-27-11-14/h12-16,25-26H,1-11H2. The van der Waals surface area contributed by atoms with Gasteiger partial charge in [0.15, 0.2) is 17.0 Å². The molecule has 9 nitrogen and oxygen atoms in total. The van der Waals surface area contributed by atoms with Gasteiger partial charge in [-0.2, -0.15) is 0 Å². The van der Waals surface area contributed by atoms with E-state index in [9.17, 15) is 5.11 Å². The lowest BCUT2D eigenvalue weighted by atomic mass is 9.92. The summed E-state index contributed by atoms with van der Waals surface area (Å²) in [7, 11) is 0. The van der Waals surface area contributed by atoms with Crippen molar-refractivity contribution < 1.29 is 19.7 Å². The van der Waals surface area contributed by atoms with Crippen molar-refractivity contribution in [1.82, 2.24) is 19.5 Å². The van der Waals surface area contributed by atoms with E-state index < -0.39 is 0 Å². The third-order valence-electron chi connectivity index (χ3n) is 5.80. The van der Waals surface area contributed by atoms with Gasteiger partial charge in [0.1, 0.15) is 6.33 Å². The van der Waals surface area contributed by atoms with Gasteiger partial charge in [-0.1, -0.05) is 0 Å². The van der Waals surface area contributed by atoms with E-state index in [1.165, 1.54) is 0 Å². The van der Waals surface area contributed by atoms with E-state index in [0.717, 1.165) is 55.9 Å². The number of hydrogen-bond acceptors (Lipinski definition) is 8. The van der Waals surface area contributed by atoms with E-state index in [0.29, 0.717) is 25.7 Å². The second kappa shape index (κ2) is 9.13. The summed E-state index contributed by atoms with van der Waals surface area (Å²) in [5, 5.41) is 18.9. The molecule has 0 amide bonds. The van der Waals surface area contributed by atoms with Gasteiger partial charge in [0.25, 0.3) is 0 Å². The molecule has 0 bridgehead atoms. The fraction of sp³-hybridized carbons (Fsp3) is 0.737. The highest BCUT2D eigenvalue weighted by Gasteiger charge is 2.27. The third-order valence-corrected chi connectivity index (χ3v) is 5.80. The summed E-state index contributed by atoms with van der Waals surface area (Å²) in [5.41, 5.74) is 1.57. The molecule has 2 aromatic rings. The molecule has 0 aliphatic carbocycles. The zero-order chi connectivity index (χ0) is 19.3. The first-order chi connectivity index (χ1) is 13.8. The van der Waals surface area contributed by atoms with Gasteiger partial charge in [-0.15, -0.1) is 0 Å². The zero-order valence-corrected chi connectivity index (χ0v) is 16.1. The average molecular weight is 391 g/mol. The Kier molecular flexibility index (Phi) is 6.36. The molecule has 3 unspecified atom stereocenters. The Morgan fingerprint density at radius 2 is 2.18 bits per heavy atom. The average Bonchev–Trinajstić information content (AvgIpc) is 3.40. The normalized spacial score (nSPS) is 24.1. The van der Waals surface area contributed by atoms with Gasteiger partial charge < -0.3 is 29.2 Å².